The van der Waals surface area contributed by atoms with Gasteiger partial charge in [0, 0.05) is 12.8 Å². The number of aliphatic hydroxyl groups excluding tert-OH is 1. The number of allylic oxidation sites excluding steroid dienone is 8. The molecule has 0 aliphatic heterocycles. The first-order valence-electron chi connectivity index (χ1n) is 24.2. The molecule has 0 aliphatic carbocycles. The summed E-state index contributed by atoms with van der Waals surface area (Å²) in [4.78, 5) is 24.4. The highest BCUT2D eigenvalue weighted by atomic mass is 16.6. The molecule has 0 saturated carbocycles. The van der Waals surface area contributed by atoms with Gasteiger partial charge in [0.05, 0.1) is 6.61 Å². The Kier molecular flexibility index (Phi) is 45.4. The third-order valence-corrected chi connectivity index (χ3v) is 10.6. The molecule has 0 fully saturated rings. The van der Waals surface area contributed by atoms with Gasteiger partial charge in [-0.25, -0.2) is 0 Å². The van der Waals surface area contributed by atoms with Crippen LogP contribution >= 0.6 is 0 Å². The van der Waals surface area contributed by atoms with Crippen LogP contribution in [0.25, 0.3) is 0 Å². The number of hydrogen-bond donors (Lipinski definition) is 1. The molecule has 0 bridgehead atoms. The third kappa shape index (κ3) is 44.6. The van der Waals surface area contributed by atoms with Crippen LogP contribution in [0, 0.1) is 0 Å². The van der Waals surface area contributed by atoms with Crippen molar-refractivity contribution in [2.75, 3.05) is 13.2 Å². The zero-order chi connectivity index (χ0) is 40.7. The molecule has 1 N–H and O–H groups in total. The zero-order valence-electron chi connectivity index (χ0n) is 37.1. The highest BCUT2D eigenvalue weighted by Gasteiger charge is 2.16. The Bertz CT molecular complexity index is 935. The number of carbonyl (C=O) groups excluding carboxylic acids is 2. The van der Waals surface area contributed by atoms with Crippen LogP contribution in [0.15, 0.2) is 48.6 Å². The first-order valence-corrected chi connectivity index (χ1v) is 24.2. The van der Waals surface area contributed by atoms with Crippen molar-refractivity contribution in [2.24, 2.45) is 0 Å². The number of hydrogen-bond acceptors (Lipinski definition) is 5. The maximum atomic E-state index is 12.2. The predicted molar refractivity (Wildman–Crippen MR) is 242 cm³/mol. The first-order chi connectivity index (χ1) is 27.6. The van der Waals surface area contributed by atoms with E-state index in [1.165, 1.54) is 167 Å². The highest BCUT2D eigenvalue weighted by molar-refractivity contribution is 5.70. The molecule has 326 valence electrons. The van der Waals surface area contributed by atoms with E-state index in [1.807, 2.05) is 0 Å². The van der Waals surface area contributed by atoms with Crippen molar-refractivity contribution in [1.29, 1.82) is 0 Å². The van der Waals surface area contributed by atoms with Crippen LogP contribution in [0.4, 0.5) is 0 Å². The minimum Gasteiger partial charge on any atom is -0.462 e. The molecule has 0 heterocycles. The SMILES string of the molecule is CCCCCCCCC/C=C/C/C=C/C/C=C/C/C=C/CCCC(=O)O[C@@H](CO)COC(=O)CCCCCCCCCCCCCCCCCCCCCCC. The van der Waals surface area contributed by atoms with Crippen molar-refractivity contribution < 1.29 is 24.2 Å². The topological polar surface area (TPSA) is 72.8 Å². The molecule has 5 nitrogen and oxygen atoms in total. The molecule has 0 aromatic carbocycles. The van der Waals surface area contributed by atoms with Gasteiger partial charge >= 0.3 is 11.9 Å². The van der Waals surface area contributed by atoms with E-state index in [4.69, 9.17) is 9.47 Å². The molecule has 0 aromatic rings. The number of rotatable bonds is 44. The Hall–Kier alpha value is -2.14. The van der Waals surface area contributed by atoms with Gasteiger partial charge in [-0.15, -0.1) is 0 Å². The van der Waals surface area contributed by atoms with E-state index < -0.39 is 6.10 Å². The van der Waals surface area contributed by atoms with Crippen molar-refractivity contribution in [3.8, 4) is 0 Å². The maximum absolute atomic E-state index is 12.2. The highest BCUT2D eigenvalue weighted by Crippen LogP contribution is 2.16. The van der Waals surface area contributed by atoms with Crippen molar-refractivity contribution in [1.82, 2.24) is 0 Å². The van der Waals surface area contributed by atoms with Crippen LogP contribution in [0.5, 0.6) is 0 Å². The lowest BCUT2D eigenvalue weighted by molar-refractivity contribution is -0.161. The number of aliphatic hydroxyl groups is 1. The second kappa shape index (κ2) is 47.2. The van der Waals surface area contributed by atoms with E-state index in [0.717, 1.165) is 44.9 Å². The average molecular weight is 785 g/mol. The molecule has 56 heavy (non-hydrogen) atoms. The van der Waals surface area contributed by atoms with E-state index in [1.54, 1.807) is 0 Å². The maximum Gasteiger partial charge on any atom is 0.306 e. The van der Waals surface area contributed by atoms with Crippen molar-refractivity contribution in [3.05, 3.63) is 48.6 Å². The van der Waals surface area contributed by atoms with Crippen LogP contribution in [-0.4, -0.2) is 36.4 Å². The van der Waals surface area contributed by atoms with E-state index in [0.29, 0.717) is 12.8 Å². The van der Waals surface area contributed by atoms with Gasteiger partial charge in [0.2, 0.25) is 0 Å². The molecule has 1 atom stereocenters. The summed E-state index contributed by atoms with van der Waals surface area (Å²) in [7, 11) is 0. The van der Waals surface area contributed by atoms with Crippen molar-refractivity contribution >= 4 is 11.9 Å². The van der Waals surface area contributed by atoms with Crippen LogP contribution < -0.4 is 0 Å². The average Bonchev–Trinajstić information content (AvgIpc) is 3.20. The Morgan fingerprint density at radius 3 is 1.12 bits per heavy atom. The van der Waals surface area contributed by atoms with E-state index in [9.17, 15) is 14.7 Å². The van der Waals surface area contributed by atoms with Crippen LogP contribution in [0.2, 0.25) is 0 Å². The standard InChI is InChI=1S/C51H92O5/c1-3-5-7-9-11-13-15-17-19-21-23-25-27-29-31-33-35-37-39-41-43-45-50(53)55-48-49(47-52)56-51(54)46-44-42-40-38-36-34-32-30-28-26-24-22-20-18-16-14-12-10-8-6-4-2/h20,22,26,28,32,34,38,40,49,52H,3-19,21,23-25,27,29-31,33,35-37,39,41-48H2,1-2H3/b22-20+,28-26+,34-32+,40-38+/t49-/m0/s1. The Morgan fingerprint density at radius 1 is 0.411 bits per heavy atom. The quantitative estimate of drug-likeness (QED) is 0.0378. The molecule has 5 heteroatoms. The van der Waals surface area contributed by atoms with Gasteiger partial charge in [-0.1, -0.05) is 229 Å². The number of unbranched alkanes of at least 4 members (excludes halogenated alkanes) is 28. The normalized spacial score (nSPS) is 12.6. The zero-order valence-corrected chi connectivity index (χ0v) is 37.1. The van der Waals surface area contributed by atoms with Gasteiger partial charge in [-0.05, 0) is 51.4 Å². The molecule has 0 aliphatic rings. The smallest absolute Gasteiger partial charge is 0.306 e. The molecule has 0 amide bonds. The van der Waals surface area contributed by atoms with Gasteiger partial charge in [0.15, 0.2) is 6.10 Å². The van der Waals surface area contributed by atoms with Crippen molar-refractivity contribution in [3.63, 3.8) is 0 Å². The van der Waals surface area contributed by atoms with E-state index in [-0.39, 0.29) is 31.6 Å². The minimum atomic E-state index is -0.799. The predicted octanol–water partition coefficient (Wildman–Crippen LogP) is 15.7. The molecule has 0 radical (unpaired) electrons. The number of esters is 2. The molecule has 0 aromatic heterocycles. The van der Waals surface area contributed by atoms with Crippen LogP contribution in [-0.2, 0) is 19.1 Å². The summed E-state index contributed by atoms with van der Waals surface area (Å²) in [6.45, 7) is 4.12. The number of carbonyl (C=O) groups is 2. The van der Waals surface area contributed by atoms with Gasteiger partial charge in [-0.3, -0.25) is 9.59 Å². The summed E-state index contributed by atoms with van der Waals surface area (Å²) in [5, 5.41) is 9.60. The first kappa shape index (κ1) is 53.9. The van der Waals surface area contributed by atoms with Gasteiger partial charge in [0.25, 0.3) is 0 Å². The summed E-state index contributed by atoms with van der Waals surface area (Å²) in [5.41, 5.74) is 0. The molecule has 0 saturated heterocycles. The van der Waals surface area contributed by atoms with Crippen LogP contribution in [0.1, 0.15) is 245 Å². The molecule has 0 spiro atoms. The molecular weight excluding hydrogens is 693 g/mol. The lowest BCUT2D eigenvalue weighted by atomic mass is 10.0. The fourth-order valence-electron chi connectivity index (χ4n) is 6.96. The monoisotopic (exact) mass is 785 g/mol. The van der Waals surface area contributed by atoms with Gasteiger partial charge < -0.3 is 14.6 Å². The molecule has 0 rings (SSSR count). The minimum absolute atomic E-state index is 0.0856. The fourth-order valence-corrected chi connectivity index (χ4v) is 6.96. The summed E-state index contributed by atoms with van der Waals surface area (Å²) in [6, 6.07) is 0. The van der Waals surface area contributed by atoms with Gasteiger partial charge in [-0.2, -0.15) is 0 Å². The van der Waals surface area contributed by atoms with E-state index >= 15 is 0 Å². The summed E-state index contributed by atoms with van der Waals surface area (Å²) < 4.78 is 10.6. The lowest BCUT2D eigenvalue weighted by Gasteiger charge is -2.15. The second-order valence-electron chi connectivity index (χ2n) is 16.2. The van der Waals surface area contributed by atoms with Gasteiger partial charge in [0.1, 0.15) is 6.61 Å². The summed E-state index contributed by atoms with van der Waals surface area (Å²) in [6.07, 6.45) is 60.6. The fraction of sp³-hybridized carbons (Fsp3) is 0.804. The summed E-state index contributed by atoms with van der Waals surface area (Å²) in [5.74, 6) is -0.647. The van der Waals surface area contributed by atoms with E-state index in [2.05, 4.69) is 62.5 Å². The van der Waals surface area contributed by atoms with Crippen molar-refractivity contribution in [2.45, 2.75) is 251 Å². The van der Waals surface area contributed by atoms with Crippen LogP contribution in [0.3, 0.4) is 0 Å². The third-order valence-electron chi connectivity index (χ3n) is 10.6. The second-order valence-corrected chi connectivity index (χ2v) is 16.2. The lowest BCUT2D eigenvalue weighted by Crippen LogP contribution is -2.28. The summed E-state index contributed by atoms with van der Waals surface area (Å²) >= 11 is 0. The largest absolute Gasteiger partial charge is 0.462 e. The Labute approximate surface area is 348 Å². The Morgan fingerprint density at radius 2 is 0.732 bits per heavy atom. The Balaban J connectivity index is 3.58. The number of ether oxygens (including phenoxy) is 2. The molecule has 0 unspecified atom stereocenters. The molecular formula is C51H92O5.